The monoisotopic (exact) mass is 383 g/mol. The van der Waals surface area contributed by atoms with Crippen molar-refractivity contribution < 1.29 is 27.6 Å². The normalized spacial score (nSPS) is 12.8. The van der Waals surface area contributed by atoms with E-state index < -0.39 is 24.1 Å². The highest BCUT2D eigenvalue weighted by Gasteiger charge is 2.38. The second-order valence-electron chi connectivity index (χ2n) is 5.24. The van der Waals surface area contributed by atoms with Gasteiger partial charge in [0.05, 0.1) is 0 Å². The van der Waals surface area contributed by atoms with Crippen molar-refractivity contribution in [1.29, 1.82) is 0 Å². The molecule has 0 radical (unpaired) electrons. The SMILES string of the molecule is O=C(NCC(O)c1cccs1)c1ccc(-c2noc(C(F)(F)F)n2)cc1. The number of aromatic nitrogens is 2. The molecule has 0 aliphatic heterocycles. The van der Waals surface area contributed by atoms with Crippen LogP contribution in [0, 0.1) is 0 Å². The van der Waals surface area contributed by atoms with Crippen molar-refractivity contribution in [3.63, 3.8) is 0 Å². The summed E-state index contributed by atoms with van der Waals surface area (Å²) in [5, 5.41) is 17.6. The maximum atomic E-state index is 12.5. The Morgan fingerprint density at radius 3 is 2.58 bits per heavy atom. The Morgan fingerprint density at radius 1 is 1.27 bits per heavy atom. The number of rotatable bonds is 5. The number of nitrogens with zero attached hydrogens (tertiary/aromatic N) is 2. The molecule has 0 aliphatic carbocycles. The van der Waals surface area contributed by atoms with Crippen LogP contribution in [0.2, 0.25) is 0 Å². The molecule has 0 fully saturated rings. The lowest BCUT2D eigenvalue weighted by Crippen LogP contribution is -2.28. The van der Waals surface area contributed by atoms with E-state index in [-0.39, 0.29) is 23.5 Å². The van der Waals surface area contributed by atoms with E-state index in [4.69, 9.17) is 0 Å². The third-order valence-electron chi connectivity index (χ3n) is 3.40. The van der Waals surface area contributed by atoms with E-state index in [0.717, 1.165) is 4.88 Å². The van der Waals surface area contributed by atoms with Gasteiger partial charge in [-0.3, -0.25) is 4.79 Å². The number of carbonyl (C=O) groups excluding carboxylic acids is 1. The lowest BCUT2D eigenvalue weighted by atomic mass is 10.1. The topological polar surface area (TPSA) is 88.2 Å². The Kier molecular flexibility index (Phi) is 5.05. The zero-order valence-electron chi connectivity index (χ0n) is 13.0. The molecule has 136 valence electrons. The van der Waals surface area contributed by atoms with Gasteiger partial charge in [-0.15, -0.1) is 11.3 Å². The number of benzene rings is 1. The number of halogens is 3. The predicted molar refractivity (Wildman–Crippen MR) is 86.3 cm³/mol. The molecule has 3 aromatic rings. The van der Waals surface area contributed by atoms with Crippen LogP contribution < -0.4 is 5.32 Å². The van der Waals surface area contributed by atoms with E-state index >= 15 is 0 Å². The molecule has 0 bridgehead atoms. The van der Waals surface area contributed by atoms with Crippen LogP contribution in [-0.4, -0.2) is 27.7 Å². The van der Waals surface area contributed by atoms with Crippen molar-refractivity contribution in [2.24, 2.45) is 0 Å². The minimum atomic E-state index is -4.71. The lowest BCUT2D eigenvalue weighted by Gasteiger charge is -2.10. The van der Waals surface area contributed by atoms with Gasteiger partial charge in [-0.05, 0) is 23.6 Å². The molecular formula is C16H12F3N3O3S. The zero-order chi connectivity index (χ0) is 18.7. The Hall–Kier alpha value is -2.72. The van der Waals surface area contributed by atoms with E-state index in [0.29, 0.717) is 0 Å². The molecule has 0 saturated heterocycles. The number of alkyl halides is 3. The number of hydrogen-bond donors (Lipinski definition) is 2. The first-order chi connectivity index (χ1) is 12.3. The minimum absolute atomic E-state index is 0.0425. The van der Waals surface area contributed by atoms with Gasteiger partial charge in [-0.25, -0.2) is 0 Å². The summed E-state index contributed by atoms with van der Waals surface area (Å²) < 4.78 is 41.6. The summed E-state index contributed by atoms with van der Waals surface area (Å²) in [4.78, 5) is 16.1. The molecule has 2 heterocycles. The summed E-state index contributed by atoms with van der Waals surface area (Å²) >= 11 is 1.38. The molecule has 2 N–H and O–H groups in total. The average Bonchev–Trinajstić information content (AvgIpc) is 3.30. The molecule has 1 amide bonds. The molecule has 26 heavy (non-hydrogen) atoms. The molecule has 2 aromatic heterocycles. The fraction of sp³-hybridized carbons (Fsp3) is 0.188. The van der Waals surface area contributed by atoms with Gasteiger partial charge in [-0.1, -0.05) is 23.4 Å². The smallest absolute Gasteiger partial charge is 0.386 e. The van der Waals surface area contributed by atoms with E-state index in [1.807, 2.05) is 5.38 Å². The highest BCUT2D eigenvalue weighted by molar-refractivity contribution is 7.10. The fourth-order valence-corrected chi connectivity index (χ4v) is 2.81. The van der Waals surface area contributed by atoms with E-state index in [2.05, 4.69) is 20.0 Å². The van der Waals surface area contributed by atoms with Crippen LogP contribution in [-0.2, 0) is 6.18 Å². The summed E-state index contributed by atoms with van der Waals surface area (Å²) in [6.45, 7) is 0.0425. The summed E-state index contributed by atoms with van der Waals surface area (Å²) in [7, 11) is 0. The van der Waals surface area contributed by atoms with Gasteiger partial charge in [0.2, 0.25) is 5.82 Å². The number of aliphatic hydroxyl groups is 1. The fourth-order valence-electron chi connectivity index (χ4n) is 2.10. The van der Waals surface area contributed by atoms with Crippen molar-refractivity contribution in [2.75, 3.05) is 6.54 Å². The Labute approximate surface area is 149 Å². The number of amides is 1. The maximum absolute atomic E-state index is 12.5. The molecule has 1 unspecified atom stereocenters. The molecular weight excluding hydrogens is 371 g/mol. The second-order valence-corrected chi connectivity index (χ2v) is 6.22. The molecule has 10 heteroatoms. The Bertz CT molecular complexity index is 876. The first-order valence-electron chi connectivity index (χ1n) is 7.35. The summed E-state index contributed by atoms with van der Waals surface area (Å²) in [6, 6.07) is 9.23. The van der Waals surface area contributed by atoms with E-state index in [9.17, 15) is 23.1 Å². The van der Waals surface area contributed by atoms with Gasteiger partial charge in [0.1, 0.15) is 6.10 Å². The van der Waals surface area contributed by atoms with E-state index in [1.54, 1.807) is 12.1 Å². The van der Waals surface area contributed by atoms with Gasteiger partial charge in [0.25, 0.3) is 5.91 Å². The molecule has 1 aromatic carbocycles. The number of hydrogen-bond acceptors (Lipinski definition) is 6. The van der Waals surface area contributed by atoms with E-state index in [1.165, 1.54) is 35.6 Å². The number of aliphatic hydroxyl groups excluding tert-OH is 1. The summed E-state index contributed by atoms with van der Waals surface area (Å²) in [5.41, 5.74) is 0.561. The van der Waals surface area contributed by atoms with Crippen LogP contribution in [0.5, 0.6) is 0 Å². The third-order valence-corrected chi connectivity index (χ3v) is 4.37. The largest absolute Gasteiger partial charge is 0.471 e. The molecule has 0 aliphatic rings. The third kappa shape index (κ3) is 4.09. The van der Waals surface area contributed by atoms with Gasteiger partial charge in [-0.2, -0.15) is 18.2 Å². The molecule has 6 nitrogen and oxygen atoms in total. The zero-order valence-corrected chi connectivity index (χ0v) is 13.8. The van der Waals surface area contributed by atoms with Crippen molar-refractivity contribution in [1.82, 2.24) is 15.5 Å². The minimum Gasteiger partial charge on any atom is -0.386 e. The summed E-state index contributed by atoms with van der Waals surface area (Å²) in [5.74, 6) is -2.08. The van der Waals surface area contributed by atoms with Crippen LogP contribution in [0.1, 0.15) is 27.2 Å². The van der Waals surface area contributed by atoms with Gasteiger partial charge < -0.3 is 14.9 Å². The maximum Gasteiger partial charge on any atom is 0.471 e. The van der Waals surface area contributed by atoms with Crippen LogP contribution in [0.25, 0.3) is 11.4 Å². The van der Waals surface area contributed by atoms with Gasteiger partial charge in [0.15, 0.2) is 0 Å². The number of carbonyl (C=O) groups is 1. The first-order valence-corrected chi connectivity index (χ1v) is 8.23. The molecule has 0 spiro atoms. The van der Waals surface area contributed by atoms with Crippen molar-refractivity contribution in [3.05, 3.63) is 58.1 Å². The van der Waals surface area contributed by atoms with Crippen LogP contribution >= 0.6 is 11.3 Å². The van der Waals surface area contributed by atoms with Crippen molar-refractivity contribution >= 4 is 17.2 Å². The quantitative estimate of drug-likeness (QED) is 0.706. The van der Waals surface area contributed by atoms with Crippen LogP contribution in [0.3, 0.4) is 0 Å². The van der Waals surface area contributed by atoms with Crippen molar-refractivity contribution in [3.8, 4) is 11.4 Å². The Morgan fingerprint density at radius 2 is 2.00 bits per heavy atom. The standard InChI is InChI=1S/C16H12F3N3O3S/c17-16(18,19)15-21-13(22-25-15)9-3-5-10(6-4-9)14(24)20-8-11(23)12-2-1-7-26-12/h1-7,11,23H,8H2,(H,20,24). The number of thiophene rings is 1. The average molecular weight is 383 g/mol. The summed E-state index contributed by atoms with van der Waals surface area (Å²) in [6.07, 6.45) is -5.52. The molecule has 0 saturated carbocycles. The number of nitrogens with one attached hydrogen (secondary N) is 1. The second kappa shape index (κ2) is 7.26. The van der Waals surface area contributed by atoms with Gasteiger partial charge in [0, 0.05) is 22.5 Å². The van der Waals surface area contributed by atoms with Crippen molar-refractivity contribution in [2.45, 2.75) is 12.3 Å². The Balaban J connectivity index is 1.63. The highest BCUT2D eigenvalue weighted by Crippen LogP contribution is 2.29. The molecule has 3 rings (SSSR count). The highest BCUT2D eigenvalue weighted by atomic mass is 32.1. The van der Waals surface area contributed by atoms with Crippen LogP contribution in [0.4, 0.5) is 13.2 Å². The van der Waals surface area contributed by atoms with Crippen LogP contribution in [0.15, 0.2) is 46.3 Å². The van der Waals surface area contributed by atoms with Gasteiger partial charge >= 0.3 is 12.1 Å². The lowest BCUT2D eigenvalue weighted by molar-refractivity contribution is -0.159. The molecule has 1 atom stereocenters. The predicted octanol–water partition coefficient (Wildman–Crippen LogP) is 3.28. The first kappa shape index (κ1) is 18.1.